The number of aryl methyl sites for hydroxylation is 2. The van der Waals surface area contributed by atoms with Crippen molar-refractivity contribution in [2.45, 2.75) is 33.2 Å². The molecular formula is C10H17N3O2. The van der Waals surface area contributed by atoms with E-state index in [4.69, 9.17) is 4.74 Å². The molecule has 1 rings (SSSR count). The summed E-state index contributed by atoms with van der Waals surface area (Å²) in [7, 11) is 1.39. The zero-order valence-corrected chi connectivity index (χ0v) is 9.55. The number of carbonyl (C=O) groups excluding carboxylic acids is 1. The lowest BCUT2D eigenvalue weighted by Crippen LogP contribution is -2.30. The largest absolute Gasteiger partial charge is 0.467 e. The first kappa shape index (κ1) is 11.6. The molecule has 0 aromatic carbocycles. The molecule has 5 heteroatoms. The molecule has 0 aliphatic rings. The van der Waals surface area contributed by atoms with E-state index < -0.39 is 0 Å². The summed E-state index contributed by atoms with van der Waals surface area (Å²) in [4.78, 5) is 11.4. The molecule has 0 bridgehead atoms. The maximum Gasteiger partial charge on any atom is 0.328 e. The van der Waals surface area contributed by atoms with Crippen molar-refractivity contribution < 1.29 is 9.53 Å². The number of esters is 1. The van der Waals surface area contributed by atoms with E-state index in [2.05, 4.69) is 15.5 Å². The Morgan fingerprint density at radius 3 is 2.67 bits per heavy atom. The van der Waals surface area contributed by atoms with Gasteiger partial charge in [0, 0.05) is 0 Å². The van der Waals surface area contributed by atoms with Crippen molar-refractivity contribution in [2.75, 3.05) is 12.4 Å². The first-order chi connectivity index (χ1) is 7.10. The molecule has 1 aromatic heterocycles. The Kier molecular flexibility index (Phi) is 3.71. The molecule has 0 fully saturated rings. The summed E-state index contributed by atoms with van der Waals surface area (Å²) in [6, 6.07) is -0.315. The van der Waals surface area contributed by atoms with Crippen LogP contribution in [-0.2, 0) is 9.53 Å². The SMILES string of the molecule is CCC(Nc1c(C)n[nH]c1C)C(=O)OC. The molecule has 5 nitrogen and oxygen atoms in total. The Balaban J connectivity index is 2.79. The number of hydrogen-bond acceptors (Lipinski definition) is 4. The van der Waals surface area contributed by atoms with Crippen LogP contribution in [0, 0.1) is 13.8 Å². The molecule has 0 radical (unpaired) electrons. The number of nitrogens with zero attached hydrogens (tertiary/aromatic N) is 1. The lowest BCUT2D eigenvalue weighted by molar-refractivity contribution is -0.141. The minimum Gasteiger partial charge on any atom is -0.467 e. The van der Waals surface area contributed by atoms with Crippen LogP contribution < -0.4 is 5.32 Å². The summed E-state index contributed by atoms with van der Waals surface area (Å²) < 4.78 is 4.70. The topological polar surface area (TPSA) is 67.0 Å². The average molecular weight is 211 g/mol. The summed E-state index contributed by atoms with van der Waals surface area (Å²) in [5.41, 5.74) is 2.66. The van der Waals surface area contributed by atoms with Crippen LogP contribution in [0.15, 0.2) is 0 Å². The number of aromatic nitrogens is 2. The predicted octanol–water partition coefficient (Wildman–Crippen LogP) is 1.39. The zero-order chi connectivity index (χ0) is 11.4. The Bertz CT molecular complexity index is 327. The van der Waals surface area contributed by atoms with Gasteiger partial charge in [-0.25, -0.2) is 4.79 Å². The van der Waals surface area contributed by atoms with Gasteiger partial charge in [0.1, 0.15) is 6.04 Å². The minimum absolute atomic E-state index is 0.252. The van der Waals surface area contributed by atoms with Gasteiger partial charge in [0.25, 0.3) is 0 Å². The second-order valence-corrected chi connectivity index (χ2v) is 3.44. The number of rotatable bonds is 4. The first-order valence-electron chi connectivity index (χ1n) is 4.96. The number of H-pyrrole nitrogens is 1. The quantitative estimate of drug-likeness (QED) is 0.738. The standard InChI is InChI=1S/C10H17N3O2/c1-5-8(10(14)15-4)11-9-6(2)12-13-7(9)3/h8,11H,5H2,1-4H3,(H,12,13). The minimum atomic E-state index is -0.315. The third-order valence-electron chi connectivity index (χ3n) is 2.34. The molecule has 1 aromatic rings. The van der Waals surface area contributed by atoms with E-state index in [-0.39, 0.29) is 12.0 Å². The fraction of sp³-hybridized carbons (Fsp3) is 0.600. The number of hydrogen-bond donors (Lipinski definition) is 2. The molecule has 0 amide bonds. The molecule has 1 heterocycles. The molecule has 15 heavy (non-hydrogen) atoms. The van der Waals surface area contributed by atoms with Crippen LogP contribution in [0.5, 0.6) is 0 Å². The second kappa shape index (κ2) is 4.82. The molecule has 0 spiro atoms. The lowest BCUT2D eigenvalue weighted by Gasteiger charge is -2.15. The summed E-state index contributed by atoms with van der Waals surface area (Å²) in [5, 5.41) is 10.0. The van der Waals surface area contributed by atoms with Crippen LogP contribution in [0.4, 0.5) is 5.69 Å². The van der Waals surface area contributed by atoms with Crippen molar-refractivity contribution in [1.82, 2.24) is 10.2 Å². The fourth-order valence-corrected chi connectivity index (χ4v) is 1.41. The molecule has 0 aliphatic heterocycles. The highest BCUT2D eigenvalue weighted by Crippen LogP contribution is 2.18. The van der Waals surface area contributed by atoms with Crippen LogP contribution in [0.1, 0.15) is 24.7 Å². The summed E-state index contributed by atoms with van der Waals surface area (Å²) in [6.07, 6.45) is 0.677. The predicted molar refractivity (Wildman–Crippen MR) is 57.8 cm³/mol. The Morgan fingerprint density at radius 2 is 2.27 bits per heavy atom. The van der Waals surface area contributed by atoms with Gasteiger partial charge in [0.05, 0.1) is 24.2 Å². The van der Waals surface area contributed by atoms with E-state index >= 15 is 0 Å². The molecule has 1 unspecified atom stereocenters. The molecular weight excluding hydrogens is 194 g/mol. The van der Waals surface area contributed by atoms with E-state index in [1.165, 1.54) is 7.11 Å². The molecule has 84 valence electrons. The number of ether oxygens (including phenoxy) is 1. The van der Waals surface area contributed by atoms with Gasteiger partial charge in [-0.2, -0.15) is 5.10 Å². The average Bonchev–Trinajstić information content (AvgIpc) is 2.55. The number of nitrogens with one attached hydrogen (secondary N) is 2. The van der Waals surface area contributed by atoms with Gasteiger partial charge in [-0.1, -0.05) is 6.92 Å². The van der Waals surface area contributed by atoms with Gasteiger partial charge in [0.15, 0.2) is 0 Å². The van der Waals surface area contributed by atoms with Crippen LogP contribution in [0.25, 0.3) is 0 Å². The Labute approximate surface area is 89.2 Å². The van der Waals surface area contributed by atoms with Crippen molar-refractivity contribution in [1.29, 1.82) is 0 Å². The van der Waals surface area contributed by atoms with E-state index in [0.29, 0.717) is 6.42 Å². The molecule has 0 saturated heterocycles. The van der Waals surface area contributed by atoms with E-state index in [1.807, 2.05) is 20.8 Å². The number of aromatic amines is 1. The molecule has 0 aliphatic carbocycles. The summed E-state index contributed by atoms with van der Waals surface area (Å²) >= 11 is 0. The van der Waals surface area contributed by atoms with Gasteiger partial charge < -0.3 is 10.1 Å². The first-order valence-corrected chi connectivity index (χ1v) is 4.96. The Hall–Kier alpha value is -1.52. The van der Waals surface area contributed by atoms with E-state index in [9.17, 15) is 4.79 Å². The number of methoxy groups -OCH3 is 1. The Morgan fingerprint density at radius 1 is 1.60 bits per heavy atom. The van der Waals surface area contributed by atoms with Crippen molar-refractivity contribution in [3.05, 3.63) is 11.4 Å². The fourth-order valence-electron chi connectivity index (χ4n) is 1.41. The van der Waals surface area contributed by atoms with Crippen LogP contribution in [0.3, 0.4) is 0 Å². The van der Waals surface area contributed by atoms with Gasteiger partial charge in [-0.3, -0.25) is 5.10 Å². The van der Waals surface area contributed by atoms with Crippen LogP contribution >= 0.6 is 0 Å². The second-order valence-electron chi connectivity index (χ2n) is 3.44. The third-order valence-corrected chi connectivity index (χ3v) is 2.34. The van der Waals surface area contributed by atoms with Crippen molar-refractivity contribution in [3.8, 4) is 0 Å². The van der Waals surface area contributed by atoms with Gasteiger partial charge in [-0.15, -0.1) is 0 Å². The molecule has 1 atom stereocenters. The van der Waals surface area contributed by atoms with Gasteiger partial charge in [-0.05, 0) is 20.3 Å². The van der Waals surface area contributed by atoms with Crippen molar-refractivity contribution in [3.63, 3.8) is 0 Å². The zero-order valence-electron chi connectivity index (χ0n) is 9.55. The monoisotopic (exact) mass is 211 g/mol. The van der Waals surface area contributed by atoms with E-state index in [1.54, 1.807) is 0 Å². The highest BCUT2D eigenvalue weighted by molar-refractivity contribution is 5.79. The molecule has 0 saturated carbocycles. The van der Waals surface area contributed by atoms with Crippen molar-refractivity contribution in [2.24, 2.45) is 0 Å². The summed E-state index contributed by atoms with van der Waals surface area (Å²) in [5.74, 6) is -0.252. The highest BCUT2D eigenvalue weighted by atomic mass is 16.5. The van der Waals surface area contributed by atoms with Crippen LogP contribution in [-0.4, -0.2) is 29.3 Å². The van der Waals surface area contributed by atoms with Gasteiger partial charge in [0.2, 0.25) is 0 Å². The van der Waals surface area contributed by atoms with E-state index in [0.717, 1.165) is 17.1 Å². The number of carbonyl (C=O) groups is 1. The van der Waals surface area contributed by atoms with Crippen molar-refractivity contribution >= 4 is 11.7 Å². The molecule has 2 N–H and O–H groups in total. The third kappa shape index (κ3) is 2.49. The maximum atomic E-state index is 11.4. The highest BCUT2D eigenvalue weighted by Gasteiger charge is 2.19. The normalized spacial score (nSPS) is 12.3. The van der Waals surface area contributed by atoms with Gasteiger partial charge >= 0.3 is 5.97 Å². The smallest absolute Gasteiger partial charge is 0.328 e. The maximum absolute atomic E-state index is 11.4. The number of anilines is 1. The van der Waals surface area contributed by atoms with Crippen LogP contribution in [0.2, 0.25) is 0 Å². The summed E-state index contributed by atoms with van der Waals surface area (Å²) in [6.45, 7) is 5.72. The lowest BCUT2D eigenvalue weighted by atomic mass is 10.2.